The minimum atomic E-state index is -0.615. The molecular formula is C18H14ClNO5S. The summed E-state index contributed by atoms with van der Waals surface area (Å²) in [5.74, 6) is 0.531. The Bertz CT molecular complexity index is 916. The second-order valence-electron chi connectivity index (χ2n) is 5.13. The van der Waals surface area contributed by atoms with Gasteiger partial charge in [0.2, 0.25) is 0 Å². The second-order valence-corrected chi connectivity index (χ2v) is 6.48. The summed E-state index contributed by atoms with van der Waals surface area (Å²) in [5, 5.41) is 4.94. The fourth-order valence-electron chi connectivity index (χ4n) is 2.18. The number of ether oxygens (including phenoxy) is 2. The highest BCUT2D eigenvalue weighted by atomic mass is 35.5. The highest BCUT2D eigenvalue weighted by Crippen LogP contribution is 2.30. The molecule has 0 fully saturated rings. The summed E-state index contributed by atoms with van der Waals surface area (Å²) < 4.78 is 15.5. The van der Waals surface area contributed by atoms with Crippen molar-refractivity contribution in [2.45, 2.75) is 6.61 Å². The maximum absolute atomic E-state index is 11.8. The Morgan fingerprint density at radius 2 is 1.92 bits per heavy atom. The predicted molar refractivity (Wildman–Crippen MR) is 98.6 cm³/mol. The van der Waals surface area contributed by atoms with Gasteiger partial charge in [-0.25, -0.2) is 9.59 Å². The zero-order chi connectivity index (χ0) is 18.5. The molecule has 3 aromatic rings. The number of halogens is 1. The monoisotopic (exact) mass is 391 g/mol. The number of hydrogen-bond donors (Lipinski definition) is 1. The van der Waals surface area contributed by atoms with E-state index in [2.05, 4.69) is 5.32 Å². The molecule has 1 aromatic carbocycles. The van der Waals surface area contributed by atoms with Gasteiger partial charge in [0, 0.05) is 16.3 Å². The number of amides is 1. The quantitative estimate of drug-likeness (QED) is 0.605. The van der Waals surface area contributed by atoms with Gasteiger partial charge in [0.15, 0.2) is 6.61 Å². The van der Waals surface area contributed by atoms with Gasteiger partial charge in [-0.3, -0.25) is 5.32 Å². The maximum atomic E-state index is 11.8. The van der Waals surface area contributed by atoms with Gasteiger partial charge in [0.1, 0.15) is 16.4 Å². The molecule has 0 atom stereocenters. The SMILES string of the molecule is COC(=O)c1sccc1-c1ccc(COC(=O)Nc2ccc(Cl)cc2)o1. The van der Waals surface area contributed by atoms with Gasteiger partial charge in [-0.05, 0) is 47.8 Å². The fourth-order valence-corrected chi connectivity index (χ4v) is 3.12. The summed E-state index contributed by atoms with van der Waals surface area (Å²) in [7, 11) is 1.33. The number of esters is 1. The van der Waals surface area contributed by atoms with Gasteiger partial charge in [-0.1, -0.05) is 11.6 Å². The Hall–Kier alpha value is -2.77. The lowest BCUT2D eigenvalue weighted by Gasteiger charge is -2.05. The third kappa shape index (κ3) is 4.25. The van der Waals surface area contributed by atoms with Crippen LogP contribution < -0.4 is 5.32 Å². The van der Waals surface area contributed by atoms with E-state index in [1.54, 1.807) is 47.8 Å². The molecule has 26 heavy (non-hydrogen) atoms. The Labute approximate surface area is 158 Å². The lowest BCUT2D eigenvalue weighted by atomic mass is 10.2. The molecule has 134 valence electrons. The summed E-state index contributed by atoms with van der Waals surface area (Å²) in [6, 6.07) is 11.8. The minimum Gasteiger partial charge on any atom is -0.465 e. The topological polar surface area (TPSA) is 77.8 Å². The molecule has 8 heteroatoms. The van der Waals surface area contributed by atoms with E-state index in [1.165, 1.54) is 18.4 Å². The Morgan fingerprint density at radius 3 is 2.65 bits per heavy atom. The fraction of sp³-hybridized carbons (Fsp3) is 0.111. The number of methoxy groups -OCH3 is 1. The van der Waals surface area contributed by atoms with Crippen molar-refractivity contribution in [3.05, 3.63) is 63.5 Å². The van der Waals surface area contributed by atoms with Crippen molar-refractivity contribution >= 4 is 40.7 Å². The summed E-state index contributed by atoms with van der Waals surface area (Å²) in [4.78, 5) is 24.0. The number of anilines is 1. The molecule has 0 aliphatic rings. The van der Waals surface area contributed by atoms with Crippen LogP contribution in [0.5, 0.6) is 0 Å². The zero-order valence-electron chi connectivity index (χ0n) is 13.7. The summed E-state index contributed by atoms with van der Waals surface area (Å²) in [6.45, 7) is -0.0445. The first-order valence-electron chi connectivity index (χ1n) is 7.51. The van der Waals surface area contributed by atoms with E-state index in [0.29, 0.717) is 32.7 Å². The van der Waals surface area contributed by atoms with Crippen LogP contribution in [-0.4, -0.2) is 19.2 Å². The molecular weight excluding hydrogens is 378 g/mol. The van der Waals surface area contributed by atoms with Crippen LogP contribution in [0.25, 0.3) is 11.3 Å². The molecule has 0 aliphatic heterocycles. The van der Waals surface area contributed by atoms with Crippen LogP contribution >= 0.6 is 22.9 Å². The zero-order valence-corrected chi connectivity index (χ0v) is 15.2. The van der Waals surface area contributed by atoms with Gasteiger partial charge < -0.3 is 13.9 Å². The third-order valence-corrected chi connectivity index (χ3v) is 4.55. The molecule has 0 saturated carbocycles. The van der Waals surface area contributed by atoms with Crippen LogP contribution in [0.4, 0.5) is 10.5 Å². The average Bonchev–Trinajstić information content (AvgIpc) is 3.30. The van der Waals surface area contributed by atoms with Gasteiger partial charge in [-0.15, -0.1) is 11.3 Å². The Morgan fingerprint density at radius 1 is 1.15 bits per heavy atom. The second kappa shape index (κ2) is 8.07. The van der Waals surface area contributed by atoms with Crippen LogP contribution in [-0.2, 0) is 16.1 Å². The number of benzene rings is 1. The molecule has 1 amide bonds. The average molecular weight is 392 g/mol. The Balaban J connectivity index is 1.60. The third-order valence-electron chi connectivity index (χ3n) is 3.40. The number of carbonyl (C=O) groups is 2. The minimum absolute atomic E-state index is 0.0445. The van der Waals surface area contributed by atoms with Crippen LogP contribution in [0.1, 0.15) is 15.4 Å². The predicted octanol–water partition coefficient (Wildman–Crippen LogP) is 5.20. The normalized spacial score (nSPS) is 10.4. The van der Waals surface area contributed by atoms with Gasteiger partial charge in [0.25, 0.3) is 0 Å². The first kappa shape index (κ1) is 18.0. The van der Waals surface area contributed by atoms with Crippen molar-refractivity contribution in [2.75, 3.05) is 12.4 Å². The first-order valence-corrected chi connectivity index (χ1v) is 8.77. The molecule has 1 N–H and O–H groups in total. The molecule has 0 unspecified atom stereocenters. The summed E-state index contributed by atoms with van der Waals surface area (Å²) >= 11 is 7.06. The molecule has 2 heterocycles. The Kier molecular flexibility index (Phi) is 5.60. The van der Waals surface area contributed by atoms with Crippen molar-refractivity contribution in [3.8, 4) is 11.3 Å². The van der Waals surface area contributed by atoms with Crippen molar-refractivity contribution in [1.29, 1.82) is 0 Å². The smallest absolute Gasteiger partial charge is 0.412 e. The highest BCUT2D eigenvalue weighted by molar-refractivity contribution is 7.12. The number of furan rings is 1. The number of carbonyl (C=O) groups excluding carboxylic acids is 2. The molecule has 0 aliphatic carbocycles. The molecule has 0 bridgehead atoms. The van der Waals surface area contributed by atoms with Crippen molar-refractivity contribution in [1.82, 2.24) is 0 Å². The molecule has 2 aromatic heterocycles. The number of hydrogen-bond acceptors (Lipinski definition) is 6. The van der Waals surface area contributed by atoms with E-state index < -0.39 is 12.1 Å². The van der Waals surface area contributed by atoms with Crippen molar-refractivity contribution in [3.63, 3.8) is 0 Å². The molecule has 0 spiro atoms. The van der Waals surface area contributed by atoms with Crippen molar-refractivity contribution < 1.29 is 23.5 Å². The lowest BCUT2D eigenvalue weighted by molar-refractivity contribution is 0.0607. The van der Waals surface area contributed by atoms with Crippen molar-refractivity contribution in [2.24, 2.45) is 0 Å². The summed E-state index contributed by atoms with van der Waals surface area (Å²) in [6.07, 6.45) is -0.615. The number of rotatable bonds is 5. The van der Waals surface area contributed by atoms with E-state index in [4.69, 9.17) is 25.5 Å². The van der Waals surface area contributed by atoms with Crippen LogP contribution in [0.3, 0.4) is 0 Å². The molecule has 0 radical (unpaired) electrons. The standard InChI is InChI=1S/C18H14ClNO5S/c1-23-17(21)16-14(8-9-26-16)15-7-6-13(25-15)10-24-18(22)20-12-4-2-11(19)3-5-12/h2-9H,10H2,1H3,(H,20,22). The van der Waals surface area contributed by atoms with E-state index >= 15 is 0 Å². The largest absolute Gasteiger partial charge is 0.465 e. The maximum Gasteiger partial charge on any atom is 0.412 e. The van der Waals surface area contributed by atoms with E-state index in [0.717, 1.165) is 0 Å². The van der Waals surface area contributed by atoms with Gasteiger partial charge in [-0.2, -0.15) is 0 Å². The van der Waals surface area contributed by atoms with Crippen LogP contribution in [0.15, 0.2) is 52.3 Å². The van der Waals surface area contributed by atoms with E-state index in [-0.39, 0.29) is 6.61 Å². The lowest BCUT2D eigenvalue weighted by Crippen LogP contribution is -2.13. The number of nitrogens with one attached hydrogen (secondary N) is 1. The molecule has 3 rings (SSSR count). The first-order chi connectivity index (χ1) is 12.6. The van der Waals surface area contributed by atoms with Gasteiger partial charge >= 0.3 is 12.1 Å². The van der Waals surface area contributed by atoms with E-state index in [9.17, 15) is 9.59 Å². The van der Waals surface area contributed by atoms with Crippen LogP contribution in [0.2, 0.25) is 5.02 Å². The van der Waals surface area contributed by atoms with E-state index in [1.807, 2.05) is 0 Å². The van der Waals surface area contributed by atoms with Gasteiger partial charge in [0.05, 0.1) is 7.11 Å². The van der Waals surface area contributed by atoms with Crippen LogP contribution in [0, 0.1) is 0 Å². The molecule has 0 saturated heterocycles. The summed E-state index contributed by atoms with van der Waals surface area (Å²) in [5.41, 5.74) is 1.21. The number of thiophene rings is 1. The molecule has 6 nitrogen and oxygen atoms in total. The highest BCUT2D eigenvalue weighted by Gasteiger charge is 2.18.